The third-order valence-electron chi connectivity index (χ3n) is 13.2. The van der Waals surface area contributed by atoms with E-state index >= 15 is 4.79 Å². The largest absolute Gasteiger partial charge is 0.438 e. The molecule has 10 rings (SSSR count). The maximum absolute atomic E-state index is 15.0. The second-order valence-corrected chi connectivity index (χ2v) is 16.7. The molecule has 0 spiro atoms. The number of rotatable bonds is 7. The van der Waals surface area contributed by atoms with Crippen LogP contribution in [-0.4, -0.2) is 67.9 Å². The van der Waals surface area contributed by atoms with Gasteiger partial charge in [0.25, 0.3) is 11.5 Å². The van der Waals surface area contributed by atoms with Gasteiger partial charge in [0.1, 0.15) is 17.1 Å². The highest BCUT2D eigenvalue weighted by atomic mass is 19.1. The van der Waals surface area contributed by atoms with Crippen LogP contribution >= 0.6 is 0 Å². The van der Waals surface area contributed by atoms with Gasteiger partial charge in [-0.1, -0.05) is 48.5 Å². The van der Waals surface area contributed by atoms with Crippen LogP contribution in [0.5, 0.6) is 0 Å². The van der Waals surface area contributed by atoms with E-state index in [2.05, 4.69) is 56.9 Å². The number of ether oxygens (including phenoxy) is 1. The Morgan fingerprint density at radius 2 is 1.69 bits per heavy atom. The van der Waals surface area contributed by atoms with Crippen molar-refractivity contribution in [3.05, 3.63) is 138 Å². The van der Waals surface area contributed by atoms with Gasteiger partial charge in [-0.25, -0.2) is 18.7 Å². The number of nitrogens with one attached hydrogen (secondary N) is 1. The van der Waals surface area contributed by atoms with Crippen LogP contribution in [0.2, 0.25) is 0 Å². The van der Waals surface area contributed by atoms with Crippen molar-refractivity contribution in [1.29, 1.82) is 0 Å². The Hall–Kier alpha value is -5.82. The summed E-state index contributed by atoms with van der Waals surface area (Å²) in [5.41, 5.74) is 5.43. The number of halogens is 1. The third-order valence-corrected chi connectivity index (χ3v) is 13.2. The molecule has 1 N–H and O–H groups in total. The molecular formula is C45H46FN7O5. The number of aryl methyl sites for hydroxylation is 2. The standard InChI is InChI=1S/C45H46FN7O5/c1-26-19-34(20-27(2)39(26)46)52-40(54)35-12-16-50(25-36(35)47-43(52)51-15-11-32(24-51)29-7-5-4-6-8-29)41(55)38-22-33-21-31(30-13-17-57-18-14-30)9-10-37(33)53(38)45(23-28(45)3)42-48-44(56)58-49-42/h4-10,19-22,28,30,32H,11-18,23-25H2,1-3H3,(H,48,49,56)/t28-,32+,45+/m1/s1. The third kappa shape index (κ3) is 5.92. The molecule has 13 heteroatoms. The monoisotopic (exact) mass is 783 g/mol. The maximum atomic E-state index is 15.0. The van der Waals surface area contributed by atoms with Crippen molar-refractivity contribution in [1.82, 2.24) is 29.2 Å². The number of anilines is 1. The Morgan fingerprint density at radius 3 is 2.40 bits per heavy atom. The first kappa shape index (κ1) is 36.5. The summed E-state index contributed by atoms with van der Waals surface area (Å²) in [6, 6.07) is 22.2. The molecule has 0 bridgehead atoms. The minimum atomic E-state index is -0.775. The van der Waals surface area contributed by atoms with Crippen LogP contribution in [0.25, 0.3) is 16.6 Å². The molecule has 0 radical (unpaired) electrons. The van der Waals surface area contributed by atoms with E-state index in [1.165, 1.54) is 11.1 Å². The average Bonchev–Trinajstić information content (AvgIpc) is 3.66. The van der Waals surface area contributed by atoms with Crippen molar-refractivity contribution in [2.24, 2.45) is 5.92 Å². The average molecular weight is 784 g/mol. The molecule has 6 heterocycles. The van der Waals surface area contributed by atoms with E-state index in [0.717, 1.165) is 43.4 Å². The molecule has 58 heavy (non-hydrogen) atoms. The van der Waals surface area contributed by atoms with E-state index in [9.17, 15) is 14.0 Å². The number of hydrogen-bond acceptors (Lipinski definition) is 8. The highest BCUT2D eigenvalue weighted by Gasteiger charge is 2.59. The van der Waals surface area contributed by atoms with Gasteiger partial charge >= 0.3 is 5.76 Å². The van der Waals surface area contributed by atoms with Crippen LogP contribution in [0, 0.1) is 25.6 Å². The molecule has 2 saturated heterocycles. The van der Waals surface area contributed by atoms with E-state index in [-0.39, 0.29) is 35.7 Å². The first-order chi connectivity index (χ1) is 28.1. The lowest BCUT2D eigenvalue weighted by Gasteiger charge is -2.31. The first-order valence-electron chi connectivity index (χ1n) is 20.4. The lowest BCUT2D eigenvalue weighted by molar-refractivity contribution is 0.0717. The minimum Gasteiger partial charge on any atom is -0.381 e. The summed E-state index contributed by atoms with van der Waals surface area (Å²) in [5.74, 6) is 0.449. The number of fused-ring (bicyclic) bond motifs is 2. The van der Waals surface area contributed by atoms with Gasteiger partial charge in [0.15, 0.2) is 5.82 Å². The number of nitrogens with zero attached hydrogens (tertiary/aromatic N) is 6. The van der Waals surface area contributed by atoms with E-state index in [0.29, 0.717) is 83.9 Å². The van der Waals surface area contributed by atoms with Crippen LogP contribution in [0.4, 0.5) is 10.3 Å². The number of aromatic amines is 1. The van der Waals surface area contributed by atoms with Crippen LogP contribution in [0.15, 0.2) is 80.8 Å². The maximum Gasteiger partial charge on any atom is 0.438 e. The minimum absolute atomic E-state index is 0.0641. The zero-order valence-corrected chi connectivity index (χ0v) is 33.0. The summed E-state index contributed by atoms with van der Waals surface area (Å²) in [5, 5.41) is 5.09. The molecule has 0 unspecified atom stereocenters. The number of carbonyl (C=O) groups excluding carboxylic acids is 1. The lowest BCUT2D eigenvalue weighted by Crippen LogP contribution is -2.43. The summed E-state index contributed by atoms with van der Waals surface area (Å²) in [7, 11) is 0. The number of H-pyrrole nitrogens is 1. The Balaban J connectivity index is 1.06. The molecule has 1 amide bonds. The van der Waals surface area contributed by atoms with Gasteiger partial charge in [0.2, 0.25) is 5.95 Å². The zero-order chi connectivity index (χ0) is 39.9. The summed E-state index contributed by atoms with van der Waals surface area (Å²) in [6.45, 7) is 8.76. The second kappa shape index (κ2) is 13.9. The van der Waals surface area contributed by atoms with Gasteiger partial charge in [-0.2, -0.15) is 0 Å². The Kier molecular flexibility index (Phi) is 8.77. The van der Waals surface area contributed by atoms with Crippen molar-refractivity contribution < 1.29 is 18.4 Å². The molecule has 3 aliphatic heterocycles. The van der Waals surface area contributed by atoms with Crippen molar-refractivity contribution in [2.75, 3.05) is 37.7 Å². The number of hydrogen-bond donors (Lipinski definition) is 1. The second-order valence-electron chi connectivity index (χ2n) is 16.7. The van der Waals surface area contributed by atoms with Gasteiger partial charge < -0.3 is 19.1 Å². The van der Waals surface area contributed by atoms with Gasteiger partial charge in [0.05, 0.1) is 17.9 Å². The molecule has 3 aromatic heterocycles. The van der Waals surface area contributed by atoms with E-state index in [1.54, 1.807) is 35.4 Å². The van der Waals surface area contributed by atoms with E-state index < -0.39 is 11.3 Å². The quantitative estimate of drug-likeness (QED) is 0.195. The summed E-state index contributed by atoms with van der Waals surface area (Å²) < 4.78 is 29.3. The highest BCUT2D eigenvalue weighted by molar-refractivity contribution is 5.99. The Labute approximate surface area is 334 Å². The molecule has 6 aromatic rings. The molecule has 3 fully saturated rings. The summed E-state index contributed by atoms with van der Waals surface area (Å²) >= 11 is 0. The van der Waals surface area contributed by atoms with Crippen molar-refractivity contribution in [3.8, 4) is 5.69 Å². The smallest absolute Gasteiger partial charge is 0.381 e. The molecule has 1 saturated carbocycles. The predicted octanol–water partition coefficient (Wildman–Crippen LogP) is 6.49. The Morgan fingerprint density at radius 1 is 0.931 bits per heavy atom. The van der Waals surface area contributed by atoms with Crippen LogP contribution in [-0.2, 0) is 23.2 Å². The molecular weight excluding hydrogens is 738 g/mol. The summed E-state index contributed by atoms with van der Waals surface area (Å²) in [6.07, 6.45) is 3.74. The molecule has 12 nitrogen and oxygen atoms in total. The number of carbonyl (C=O) groups is 1. The van der Waals surface area contributed by atoms with Gasteiger partial charge in [-0.05, 0) is 110 Å². The fourth-order valence-electron chi connectivity index (χ4n) is 9.93. The Bertz CT molecular complexity index is 2690. The van der Waals surface area contributed by atoms with Gasteiger partial charge in [-0.15, -0.1) is 0 Å². The number of benzene rings is 3. The zero-order valence-electron chi connectivity index (χ0n) is 33.0. The van der Waals surface area contributed by atoms with Crippen molar-refractivity contribution >= 4 is 22.8 Å². The van der Waals surface area contributed by atoms with Gasteiger partial charge in [-0.3, -0.25) is 19.1 Å². The predicted molar refractivity (Wildman–Crippen MR) is 216 cm³/mol. The van der Waals surface area contributed by atoms with E-state index in [1.807, 2.05) is 24.3 Å². The fourth-order valence-corrected chi connectivity index (χ4v) is 9.93. The summed E-state index contributed by atoms with van der Waals surface area (Å²) in [4.78, 5) is 54.0. The van der Waals surface area contributed by atoms with Crippen LogP contribution in [0.1, 0.15) is 94.3 Å². The van der Waals surface area contributed by atoms with Crippen molar-refractivity contribution in [3.63, 3.8) is 0 Å². The van der Waals surface area contributed by atoms with Gasteiger partial charge in [0, 0.05) is 55.2 Å². The van der Waals surface area contributed by atoms with Crippen LogP contribution in [0.3, 0.4) is 0 Å². The molecule has 1 aliphatic carbocycles. The SMILES string of the molecule is Cc1cc(-n2c(N3CC[C@H](c4ccccc4)C3)nc3c(c2=O)CCN(C(=O)c2cc4cc(C5CCOCC5)ccc4n2[C@@]2(c4noc(=O)[nH]4)C[C@H]2C)C3)cc(C)c1F. The first-order valence-corrected chi connectivity index (χ1v) is 20.4. The van der Waals surface area contributed by atoms with E-state index in [4.69, 9.17) is 14.2 Å². The lowest BCUT2D eigenvalue weighted by atomic mass is 9.91. The molecule has 298 valence electrons. The normalized spacial score (nSPS) is 22.1. The highest BCUT2D eigenvalue weighted by Crippen LogP contribution is 2.56. The topological polar surface area (TPSA) is 131 Å². The number of aromatic nitrogens is 5. The molecule has 4 aliphatic rings. The number of amides is 1. The molecule has 3 aromatic carbocycles. The molecule has 3 atom stereocenters. The van der Waals surface area contributed by atoms with Crippen molar-refractivity contribution in [2.45, 2.75) is 76.8 Å². The van der Waals surface area contributed by atoms with Crippen LogP contribution < -0.4 is 16.2 Å². The fraction of sp³-hybridized carbons (Fsp3) is 0.400.